The molecule has 2 aromatic rings. The first-order valence-electron chi connectivity index (χ1n) is 12.4. The fourth-order valence-electron chi connectivity index (χ4n) is 7.08. The lowest BCUT2D eigenvalue weighted by molar-refractivity contribution is -0.152. The largest absolute Gasteiger partial charge is 0.458 e. The number of Topliss-reactive ketones (excluding diaryl/α,β-unsaturated/α-hetero) is 1. The van der Waals surface area contributed by atoms with E-state index in [0.29, 0.717) is 22.6 Å². The second-order valence-corrected chi connectivity index (χ2v) is 11.2. The number of hydrogen-bond donors (Lipinski definition) is 1. The van der Waals surface area contributed by atoms with Crippen molar-refractivity contribution in [2.24, 2.45) is 16.7 Å². The fourth-order valence-corrected chi connectivity index (χ4v) is 7.08. The number of dihydropyridines is 1. The Kier molecular flexibility index (Phi) is 4.52. The number of rotatable bonds is 3. The Morgan fingerprint density at radius 2 is 1.68 bits per heavy atom. The lowest BCUT2D eigenvalue weighted by atomic mass is 9.70. The highest BCUT2D eigenvalue weighted by Gasteiger charge is 2.63. The molecule has 0 spiro atoms. The van der Waals surface area contributed by atoms with Crippen molar-refractivity contribution < 1.29 is 14.3 Å². The second kappa shape index (κ2) is 7.18. The van der Waals surface area contributed by atoms with E-state index >= 15 is 0 Å². The Labute approximate surface area is 201 Å². The maximum Gasteiger partial charge on any atom is 0.337 e. The van der Waals surface area contributed by atoms with Gasteiger partial charge in [0.25, 0.3) is 0 Å². The Bertz CT molecular complexity index is 1290. The minimum atomic E-state index is -0.454. The maximum atomic E-state index is 13.9. The Balaban J connectivity index is 1.41. The number of ketones is 1. The lowest BCUT2D eigenvalue weighted by Crippen LogP contribution is -2.39. The molecule has 34 heavy (non-hydrogen) atoms. The van der Waals surface area contributed by atoms with Gasteiger partial charge >= 0.3 is 5.97 Å². The smallest absolute Gasteiger partial charge is 0.337 e. The summed E-state index contributed by atoms with van der Waals surface area (Å²) in [7, 11) is 0. The van der Waals surface area contributed by atoms with E-state index in [-0.39, 0.29) is 28.7 Å². The van der Waals surface area contributed by atoms with Crippen molar-refractivity contribution in [2.75, 3.05) is 0 Å². The summed E-state index contributed by atoms with van der Waals surface area (Å²) >= 11 is 0. The van der Waals surface area contributed by atoms with E-state index in [0.717, 1.165) is 35.4 Å². The van der Waals surface area contributed by atoms with Crippen molar-refractivity contribution in [2.45, 2.75) is 59.0 Å². The van der Waals surface area contributed by atoms with E-state index in [9.17, 15) is 9.59 Å². The van der Waals surface area contributed by atoms with Crippen LogP contribution in [0, 0.1) is 16.7 Å². The van der Waals surface area contributed by atoms with Gasteiger partial charge in [-0.1, -0.05) is 75.4 Å². The zero-order chi connectivity index (χ0) is 23.8. The van der Waals surface area contributed by atoms with Crippen LogP contribution in [0.5, 0.6) is 0 Å². The van der Waals surface area contributed by atoms with E-state index in [1.54, 1.807) is 0 Å². The summed E-state index contributed by atoms with van der Waals surface area (Å²) in [5.74, 6) is -0.189. The predicted molar refractivity (Wildman–Crippen MR) is 132 cm³/mol. The van der Waals surface area contributed by atoms with Crippen LogP contribution in [-0.4, -0.2) is 17.9 Å². The molecule has 0 saturated heterocycles. The predicted octanol–water partition coefficient (Wildman–Crippen LogP) is 6.01. The average Bonchev–Trinajstić information content (AvgIpc) is 3.31. The van der Waals surface area contributed by atoms with Crippen LogP contribution in [0.4, 0.5) is 0 Å². The van der Waals surface area contributed by atoms with Crippen LogP contribution in [0.3, 0.4) is 0 Å². The topological polar surface area (TPSA) is 55.4 Å². The molecule has 4 heteroatoms. The van der Waals surface area contributed by atoms with E-state index in [1.807, 2.05) is 61.5 Å². The average molecular weight is 454 g/mol. The van der Waals surface area contributed by atoms with Crippen LogP contribution in [0.25, 0.3) is 5.70 Å². The first kappa shape index (κ1) is 21.4. The van der Waals surface area contributed by atoms with Gasteiger partial charge in [0, 0.05) is 33.7 Å². The van der Waals surface area contributed by atoms with Gasteiger partial charge in [-0.25, -0.2) is 4.79 Å². The number of allylic oxidation sites excluding steroid dienone is 2. The van der Waals surface area contributed by atoms with E-state index in [1.165, 1.54) is 6.42 Å². The number of benzene rings is 2. The first-order valence-corrected chi connectivity index (χ1v) is 12.4. The van der Waals surface area contributed by atoms with Crippen LogP contribution in [0.2, 0.25) is 0 Å². The summed E-state index contributed by atoms with van der Waals surface area (Å²) in [4.78, 5) is 27.5. The number of ether oxygens (including phenoxy) is 1. The minimum Gasteiger partial charge on any atom is -0.458 e. The van der Waals surface area contributed by atoms with Crippen molar-refractivity contribution in [1.29, 1.82) is 0 Å². The highest BCUT2D eigenvalue weighted by Crippen LogP contribution is 2.66. The van der Waals surface area contributed by atoms with Crippen molar-refractivity contribution in [3.05, 3.63) is 88.1 Å². The number of carbonyl (C=O) groups is 2. The molecule has 2 bridgehead atoms. The molecule has 2 fully saturated rings. The number of carbonyl (C=O) groups excluding carboxylic acids is 2. The molecule has 6 rings (SSSR count). The van der Waals surface area contributed by atoms with E-state index < -0.39 is 5.92 Å². The van der Waals surface area contributed by atoms with Gasteiger partial charge in [0.2, 0.25) is 0 Å². The van der Waals surface area contributed by atoms with Crippen LogP contribution < -0.4 is 5.32 Å². The molecular formula is C30H31NO3. The molecule has 0 aromatic heterocycles. The summed E-state index contributed by atoms with van der Waals surface area (Å²) in [6.07, 6.45) is 3.11. The maximum absolute atomic E-state index is 13.9. The molecule has 4 nitrogen and oxygen atoms in total. The zero-order valence-electron chi connectivity index (χ0n) is 20.3. The van der Waals surface area contributed by atoms with Crippen LogP contribution in [0.1, 0.15) is 74.4 Å². The van der Waals surface area contributed by atoms with Gasteiger partial charge < -0.3 is 10.1 Å². The highest BCUT2D eigenvalue weighted by atomic mass is 16.5. The van der Waals surface area contributed by atoms with Crippen molar-refractivity contribution in [3.8, 4) is 0 Å². The molecule has 4 aliphatic rings. The van der Waals surface area contributed by atoms with E-state index in [4.69, 9.17) is 4.74 Å². The van der Waals surface area contributed by atoms with Crippen molar-refractivity contribution in [1.82, 2.24) is 5.32 Å². The van der Waals surface area contributed by atoms with Gasteiger partial charge in [-0.05, 0) is 43.1 Å². The molecule has 3 aliphatic carbocycles. The van der Waals surface area contributed by atoms with Crippen LogP contribution in [-0.2, 0) is 9.53 Å². The zero-order valence-corrected chi connectivity index (χ0v) is 20.3. The summed E-state index contributed by atoms with van der Waals surface area (Å²) in [5, 5.41) is 3.42. The molecule has 1 N–H and O–H groups in total. The summed E-state index contributed by atoms with van der Waals surface area (Å²) in [6.45, 7) is 8.85. The standard InChI is InChI=1S/C30H31NO3/c1-17-23(28(33)34-22-16-19-14-15-30(22,4)29(19,2)3)24(18-10-6-5-7-11-18)25-26(31-17)20-12-8-9-13-21(20)27(25)32/h5-13,19,22,24,31H,14-16H2,1-4H3/t19-,22-,24-,30-/m1/s1. The third kappa shape index (κ3) is 2.71. The monoisotopic (exact) mass is 453 g/mol. The molecule has 1 heterocycles. The normalized spacial score (nSPS) is 30.8. The van der Waals surface area contributed by atoms with Crippen molar-refractivity contribution in [3.63, 3.8) is 0 Å². The van der Waals surface area contributed by atoms with E-state index in [2.05, 4.69) is 26.1 Å². The Hall–Kier alpha value is -3.14. The SMILES string of the molecule is CC1=C(C(=O)O[C@@H]2C[C@H]3CC[C@@]2(C)C3(C)C)[C@@H](c2ccccc2)C2=C(N1)c1ccccc1C2=O. The minimum absolute atomic E-state index is 0.0160. The van der Waals surface area contributed by atoms with Gasteiger partial charge in [-0.15, -0.1) is 0 Å². The van der Waals surface area contributed by atoms with Gasteiger partial charge in [0.05, 0.1) is 11.3 Å². The van der Waals surface area contributed by atoms with Gasteiger partial charge in [0.15, 0.2) is 5.78 Å². The van der Waals surface area contributed by atoms with Crippen molar-refractivity contribution >= 4 is 17.4 Å². The van der Waals surface area contributed by atoms with Gasteiger partial charge in [-0.3, -0.25) is 4.79 Å². The summed E-state index contributed by atoms with van der Waals surface area (Å²) < 4.78 is 6.34. The highest BCUT2D eigenvalue weighted by molar-refractivity contribution is 6.23. The quantitative estimate of drug-likeness (QED) is 0.578. The molecule has 0 unspecified atom stereocenters. The molecule has 174 valence electrons. The second-order valence-electron chi connectivity index (χ2n) is 11.2. The van der Waals surface area contributed by atoms with Crippen LogP contribution >= 0.6 is 0 Å². The Morgan fingerprint density at radius 1 is 1.00 bits per heavy atom. The van der Waals surface area contributed by atoms with Gasteiger partial charge in [0.1, 0.15) is 6.10 Å². The molecular weight excluding hydrogens is 422 g/mol. The third-order valence-corrected chi connectivity index (χ3v) is 9.56. The van der Waals surface area contributed by atoms with Gasteiger partial charge in [-0.2, -0.15) is 0 Å². The van der Waals surface area contributed by atoms with Crippen LogP contribution in [0.15, 0.2) is 71.4 Å². The fraction of sp³-hybridized carbons (Fsp3) is 0.400. The number of esters is 1. The molecule has 2 saturated carbocycles. The number of nitrogens with one attached hydrogen (secondary N) is 1. The lowest BCUT2D eigenvalue weighted by Gasteiger charge is -2.39. The third-order valence-electron chi connectivity index (χ3n) is 9.56. The summed E-state index contributed by atoms with van der Waals surface area (Å²) in [5.41, 5.74) is 5.43. The molecule has 0 radical (unpaired) electrons. The molecule has 0 amide bonds. The molecule has 1 aliphatic heterocycles. The molecule has 4 atom stereocenters. The number of hydrogen-bond acceptors (Lipinski definition) is 4. The molecule has 2 aromatic carbocycles. The Morgan fingerprint density at radius 3 is 2.32 bits per heavy atom. The summed E-state index contributed by atoms with van der Waals surface area (Å²) in [6, 6.07) is 17.5. The first-order chi connectivity index (χ1) is 16.2. The number of fused-ring (bicyclic) bond motifs is 4.